The maximum Gasteiger partial charge on any atom is 0.220 e. The highest BCUT2D eigenvalue weighted by atomic mass is 35.5. The molecular weight excluding hydrogens is 270 g/mol. The van der Waals surface area contributed by atoms with E-state index in [1.54, 1.807) is 0 Å². The molecule has 1 aromatic rings. The molecule has 1 N–H and O–H groups in total. The van der Waals surface area contributed by atoms with Gasteiger partial charge < -0.3 is 5.32 Å². The lowest BCUT2D eigenvalue weighted by molar-refractivity contribution is -0.123. The van der Waals surface area contributed by atoms with Crippen LogP contribution in [0, 0.1) is 5.92 Å². The lowest BCUT2D eigenvalue weighted by Crippen LogP contribution is -2.36. The van der Waals surface area contributed by atoms with Gasteiger partial charge in [0, 0.05) is 11.4 Å². The van der Waals surface area contributed by atoms with E-state index >= 15 is 0 Å². The van der Waals surface area contributed by atoms with Gasteiger partial charge in [-0.05, 0) is 49.3 Å². The Morgan fingerprint density at radius 1 is 1.15 bits per heavy atom. The summed E-state index contributed by atoms with van der Waals surface area (Å²) in [7, 11) is 0. The van der Waals surface area contributed by atoms with Gasteiger partial charge in [0.2, 0.25) is 5.91 Å². The molecule has 2 aliphatic rings. The molecule has 20 heavy (non-hydrogen) atoms. The van der Waals surface area contributed by atoms with Crippen LogP contribution in [-0.4, -0.2) is 5.91 Å². The van der Waals surface area contributed by atoms with Gasteiger partial charge in [-0.3, -0.25) is 4.79 Å². The molecule has 3 rings (SSSR count). The Bertz CT molecular complexity index is 472. The molecule has 2 nitrogen and oxygen atoms in total. The van der Waals surface area contributed by atoms with Crippen molar-refractivity contribution >= 4 is 17.5 Å². The fourth-order valence-corrected chi connectivity index (χ4v) is 3.48. The van der Waals surface area contributed by atoms with Crippen LogP contribution in [0.4, 0.5) is 0 Å². The second-order valence-corrected chi connectivity index (χ2v) is 6.78. The van der Waals surface area contributed by atoms with Gasteiger partial charge in [0.25, 0.3) is 0 Å². The molecule has 108 valence electrons. The van der Waals surface area contributed by atoms with Crippen LogP contribution in [0.5, 0.6) is 0 Å². The minimum Gasteiger partial charge on any atom is -0.347 e. The molecule has 0 atom stereocenters. The van der Waals surface area contributed by atoms with Crippen molar-refractivity contribution < 1.29 is 4.79 Å². The van der Waals surface area contributed by atoms with Crippen molar-refractivity contribution in [2.24, 2.45) is 5.92 Å². The summed E-state index contributed by atoms with van der Waals surface area (Å²) in [5, 5.41) is 4.02. The third-order valence-electron chi connectivity index (χ3n) is 4.72. The van der Waals surface area contributed by atoms with Crippen molar-refractivity contribution in [2.75, 3.05) is 0 Å². The zero-order valence-corrected chi connectivity index (χ0v) is 12.6. The van der Waals surface area contributed by atoms with Crippen molar-refractivity contribution in [3.05, 3.63) is 34.9 Å². The largest absolute Gasteiger partial charge is 0.347 e. The van der Waals surface area contributed by atoms with Crippen LogP contribution in [0.1, 0.15) is 56.9 Å². The fraction of sp³-hybridized carbons (Fsp3) is 0.588. The number of halogens is 1. The minimum absolute atomic E-state index is 0.101. The van der Waals surface area contributed by atoms with Crippen LogP contribution >= 0.6 is 11.6 Å². The van der Waals surface area contributed by atoms with Gasteiger partial charge in [-0.25, -0.2) is 0 Å². The monoisotopic (exact) mass is 291 g/mol. The normalized spacial score (nSPS) is 21.4. The Balaban J connectivity index is 1.59. The molecule has 1 aromatic carbocycles. The Morgan fingerprint density at radius 2 is 1.80 bits per heavy atom. The number of rotatable bonds is 4. The predicted molar refractivity (Wildman–Crippen MR) is 81.7 cm³/mol. The Labute approximate surface area is 125 Å². The van der Waals surface area contributed by atoms with Crippen molar-refractivity contribution in [1.29, 1.82) is 0 Å². The molecule has 0 spiro atoms. The Morgan fingerprint density at radius 3 is 2.40 bits per heavy atom. The van der Waals surface area contributed by atoms with Crippen LogP contribution < -0.4 is 5.32 Å². The summed E-state index contributed by atoms with van der Waals surface area (Å²) in [6, 6.07) is 7.89. The third kappa shape index (κ3) is 3.17. The zero-order valence-electron chi connectivity index (χ0n) is 11.8. The van der Waals surface area contributed by atoms with Crippen LogP contribution in [0.25, 0.3) is 0 Å². The van der Waals surface area contributed by atoms with E-state index in [4.69, 9.17) is 11.6 Å². The fourth-order valence-electron chi connectivity index (χ4n) is 3.35. The smallest absolute Gasteiger partial charge is 0.220 e. The summed E-state index contributed by atoms with van der Waals surface area (Å²) in [5.74, 6) is 0.828. The van der Waals surface area contributed by atoms with Gasteiger partial charge in [0.15, 0.2) is 0 Å². The quantitative estimate of drug-likeness (QED) is 0.874. The van der Waals surface area contributed by atoms with E-state index in [1.165, 1.54) is 37.7 Å². The topological polar surface area (TPSA) is 29.1 Å². The van der Waals surface area contributed by atoms with Crippen molar-refractivity contribution in [1.82, 2.24) is 5.32 Å². The van der Waals surface area contributed by atoms with E-state index in [9.17, 15) is 4.79 Å². The summed E-state index contributed by atoms with van der Waals surface area (Å²) in [5.41, 5.74) is 1.09. The lowest BCUT2D eigenvalue weighted by Gasteiger charge is -2.23. The van der Waals surface area contributed by atoms with E-state index < -0.39 is 0 Å². The van der Waals surface area contributed by atoms with Crippen LogP contribution in [-0.2, 0) is 10.3 Å². The summed E-state index contributed by atoms with van der Waals surface area (Å²) in [6.07, 6.45) is 9.17. The molecule has 2 fully saturated rings. The first-order chi connectivity index (χ1) is 9.68. The minimum atomic E-state index is -0.101. The van der Waals surface area contributed by atoms with E-state index in [-0.39, 0.29) is 11.4 Å². The number of carbonyl (C=O) groups is 1. The molecule has 3 heteroatoms. The predicted octanol–water partition coefficient (Wildman–Crippen LogP) is 4.42. The first kappa shape index (κ1) is 13.9. The highest BCUT2D eigenvalue weighted by Gasteiger charge is 2.45. The molecule has 0 heterocycles. The Kier molecular flexibility index (Phi) is 4.02. The summed E-state index contributed by atoms with van der Waals surface area (Å²) in [6.45, 7) is 0. The Hall–Kier alpha value is -1.02. The van der Waals surface area contributed by atoms with Crippen LogP contribution in [0.2, 0.25) is 5.02 Å². The number of nitrogens with one attached hydrogen (secondary N) is 1. The number of amides is 1. The average molecular weight is 292 g/mol. The molecule has 0 aliphatic heterocycles. The zero-order chi connectivity index (χ0) is 14.0. The number of hydrogen-bond donors (Lipinski definition) is 1. The number of hydrogen-bond acceptors (Lipinski definition) is 1. The maximum absolute atomic E-state index is 12.3. The second kappa shape index (κ2) is 5.77. The molecule has 0 saturated heterocycles. The lowest BCUT2D eigenvalue weighted by atomic mass is 9.86. The first-order valence-corrected chi connectivity index (χ1v) is 8.13. The van der Waals surface area contributed by atoms with Gasteiger partial charge in [0.05, 0.1) is 5.54 Å². The van der Waals surface area contributed by atoms with Gasteiger partial charge in [-0.1, -0.05) is 43.0 Å². The molecule has 0 unspecified atom stereocenters. The van der Waals surface area contributed by atoms with Gasteiger partial charge in [-0.2, -0.15) is 0 Å². The second-order valence-electron chi connectivity index (χ2n) is 6.35. The number of benzene rings is 1. The van der Waals surface area contributed by atoms with E-state index in [2.05, 4.69) is 5.32 Å². The molecule has 0 aromatic heterocycles. The van der Waals surface area contributed by atoms with Crippen molar-refractivity contribution in [2.45, 2.75) is 56.9 Å². The standard InChI is InChI=1S/C17H22ClNO/c18-15-8-6-14(7-9-15)17(10-11-17)19-16(20)12-13-4-2-1-3-5-13/h6-9,13H,1-5,10-12H2,(H,19,20). The van der Waals surface area contributed by atoms with Crippen LogP contribution in [0.3, 0.4) is 0 Å². The van der Waals surface area contributed by atoms with E-state index in [0.717, 1.165) is 17.9 Å². The van der Waals surface area contributed by atoms with Crippen LogP contribution in [0.15, 0.2) is 24.3 Å². The SMILES string of the molecule is O=C(CC1CCCCC1)NC1(c2ccc(Cl)cc2)CC1. The number of carbonyl (C=O) groups excluding carboxylic acids is 1. The highest BCUT2D eigenvalue weighted by molar-refractivity contribution is 6.30. The van der Waals surface area contributed by atoms with Gasteiger partial charge >= 0.3 is 0 Å². The summed E-state index contributed by atoms with van der Waals surface area (Å²) >= 11 is 5.93. The molecular formula is C17H22ClNO. The maximum atomic E-state index is 12.3. The average Bonchev–Trinajstić information content (AvgIpc) is 3.21. The van der Waals surface area contributed by atoms with E-state index in [1.807, 2.05) is 24.3 Å². The van der Waals surface area contributed by atoms with E-state index in [0.29, 0.717) is 12.3 Å². The summed E-state index contributed by atoms with van der Waals surface area (Å²) < 4.78 is 0. The molecule has 1 amide bonds. The first-order valence-electron chi connectivity index (χ1n) is 7.75. The molecule has 0 bridgehead atoms. The highest BCUT2D eigenvalue weighted by Crippen LogP contribution is 2.46. The molecule has 0 radical (unpaired) electrons. The summed E-state index contributed by atoms with van der Waals surface area (Å²) in [4.78, 5) is 12.3. The van der Waals surface area contributed by atoms with Crippen molar-refractivity contribution in [3.63, 3.8) is 0 Å². The van der Waals surface area contributed by atoms with Gasteiger partial charge in [0.1, 0.15) is 0 Å². The van der Waals surface area contributed by atoms with Crippen molar-refractivity contribution in [3.8, 4) is 0 Å². The van der Waals surface area contributed by atoms with Gasteiger partial charge in [-0.15, -0.1) is 0 Å². The third-order valence-corrected chi connectivity index (χ3v) is 4.98. The molecule has 2 saturated carbocycles. The molecule has 2 aliphatic carbocycles.